The Labute approximate surface area is 121 Å². The smallest absolute Gasteiger partial charge is 0.138 e. The number of benzene rings is 1. The fourth-order valence-electron chi connectivity index (χ4n) is 3.50. The average Bonchev–Trinajstić information content (AvgIpc) is 2.92. The van der Waals surface area contributed by atoms with Gasteiger partial charge in [0.15, 0.2) is 0 Å². The van der Waals surface area contributed by atoms with Crippen LogP contribution >= 0.6 is 0 Å². The molecule has 3 N–H and O–H groups in total. The van der Waals surface area contributed by atoms with Crippen LogP contribution in [0.4, 0.5) is 5.69 Å². The number of anilines is 1. The third-order valence-electron chi connectivity index (χ3n) is 4.65. The summed E-state index contributed by atoms with van der Waals surface area (Å²) in [5, 5.41) is 9.47. The van der Waals surface area contributed by atoms with E-state index in [2.05, 4.69) is 9.80 Å². The third-order valence-corrected chi connectivity index (χ3v) is 4.65. The van der Waals surface area contributed by atoms with Crippen molar-refractivity contribution in [2.24, 2.45) is 0 Å². The van der Waals surface area contributed by atoms with Gasteiger partial charge in [-0.25, -0.2) is 0 Å². The molecule has 0 aliphatic carbocycles. The summed E-state index contributed by atoms with van der Waals surface area (Å²) < 4.78 is 0. The molecule has 3 rings (SSSR count). The molecule has 1 unspecified atom stereocenters. The summed E-state index contributed by atoms with van der Waals surface area (Å²) in [5.74, 6) is 0.182. The molecule has 2 aliphatic heterocycles. The lowest BCUT2D eigenvalue weighted by Gasteiger charge is -2.32. The molecule has 2 saturated heterocycles. The number of rotatable bonds is 3. The first-order chi connectivity index (χ1) is 9.72. The molecule has 0 saturated carbocycles. The quantitative estimate of drug-likeness (QED) is 0.655. The zero-order valence-corrected chi connectivity index (χ0v) is 12.1. The summed E-state index contributed by atoms with van der Waals surface area (Å²) in [6, 6.07) is 6.30. The molecule has 0 spiro atoms. The Morgan fingerprint density at radius 2 is 1.95 bits per heavy atom. The Bertz CT molecular complexity index is 457. The van der Waals surface area contributed by atoms with E-state index in [1.165, 1.54) is 57.4 Å². The van der Waals surface area contributed by atoms with Gasteiger partial charge in [-0.1, -0.05) is 12.5 Å². The normalized spacial score (nSPS) is 25.1. The molecule has 2 fully saturated rings. The Kier molecular flexibility index (Phi) is 4.13. The molecule has 0 aromatic heterocycles. The maximum Gasteiger partial charge on any atom is 0.138 e. The highest BCUT2D eigenvalue weighted by atomic mass is 16.3. The highest BCUT2D eigenvalue weighted by Gasteiger charge is 2.28. The van der Waals surface area contributed by atoms with Gasteiger partial charge in [0, 0.05) is 25.7 Å². The van der Waals surface area contributed by atoms with Crippen molar-refractivity contribution in [2.45, 2.75) is 38.3 Å². The topological polar surface area (TPSA) is 52.7 Å². The Morgan fingerprint density at radius 3 is 2.70 bits per heavy atom. The van der Waals surface area contributed by atoms with Gasteiger partial charge in [0.05, 0.1) is 5.69 Å². The monoisotopic (exact) mass is 275 g/mol. The number of phenolic OH excluding ortho intramolecular Hbond substituents is 1. The van der Waals surface area contributed by atoms with Gasteiger partial charge in [-0.15, -0.1) is 0 Å². The van der Waals surface area contributed by atoms with Crippen molar-refractivity contribution in [2.75, 3.05) is 31.9 Å². The van der Waals surface area contributed by atoms with Crippen molar-refractivity contribution < 1.29 is 5.11 Å². The van der Waals surface area contributed by atoms with Crippen molar-refractivity contribution in [1.82, 2.24) is 9.80 Å². The summed E-state index contributed by atoms with van der Waals surface area (Å²) in [6.45, 7) is 5.84. The molecule has 2 aliphatic rings. The first kappa shape index (κ1) is 13.7. The van der Waals surface area contributed by atoms with Crippen molar-refractivity contribution in [3.63, 3.8) is 0 Å². The molecule has 0 bridgehead atoms. The standard InChI is InChI=1S/C16H25N3O/c17-15-10-13(4-5-16(15)20)11-18-9-6-14(12-18)19-7-2-1-3-8-19/h4-5,10,14,20H,1-3,6-9,11-12,17H2. The lowest BCUT2D eigenvalue weighted by atomic mass is 10.1. The minimum atomic E-state index is 0.182. The first-order valence-electron chi connectivity index (χ1n) is 7.76. The molecule has 110 valence electrons. The van der Waals surface area contributed by atoms with E-state index >= 15 is 0 Å². The van der Waals surface area contributed by atoms with Crippen LogP contribution in [-0.4, -0.2) is 47.1 Å². The van der Waals surface area contributed by atoms with Crippen LogP contribution in [0.3, 0.4) is 0 Å². The van der Waals surface area contributed by atoms with E-state index in [-0.39, 0.29) is 5.75 Å². The van der Waals surface area contributed by atoms with Crippen LogP contribution in [0.25, 0.3) is 0 Å². The van der Waals surface area contributed by atoms with Gasteiger partial charge in [0.2, 0.25) is 0 Å². The van der Waals surface area contributed by atoms with Crippen LogP contribution in [-0.2, 0) is 6.54 Å². The van der Waals surface area contributed by atoms with Gasteiger partial charge in [0.1, 0.15) is 5.75 Å². The van der Waals surface area contributed by atoms with Crippen LogP contribution in [0.2, 0.25) is 0 Å². The lowest BCUT2D eigenvalue weighted by Crippen LogP contribution is -2.40. The molecule has 20 heavy (non-hydrogen) atoms. The molecule has 0 radical (unpaired) electrons. The Hall–Kier alpha value is -1.26. The largest absolute Gasteiger partial charge is 0.506 e. The average molecular weight is 275 g/mol. The maximum atomic E-state index is 9.47. The zero-order chi connectivity index (χ0) is 13.9. The number of hydrogen-bond acceptors (Lipinski definition) is 4. The number of nitrogen functional groups attached to an aromatic ring is 1. The Morgan fingerprint density at radius 1 is 1.15 bits per heavy atom. The van der Waals surface area contributed by atoms with Crippen LogP contribution < -0.4 is 5.73 Å². The zero-order valence-electron chi connectivity index (χ0n) is 12.1. The fraction of sp³-hybridized carbons (Fsp3) is 0.625. The second-order valence-electron chi connectivity index (χ2n) is 6.17. The molecular formula is C16H25N3O. The Balaban J connectivity index is 1.55. The van der Waals surface area contributed by atoms with E-state index in [0.29, 0.717) is 5.69 Å². The van der Waals surface area contributed by atoms with Gasteiger partial charge < -0.3 is 10.8 Å². The molecule has 0 amide bonds. The molecule has 1 aromatic carbocycles. The molecule has 4 nitrogen and oxygen atoms in total. The van der Waals surface area contributed by atoms with Crippen molar-refractivity contribution in [3.05, 3.63) is 23.8 Å². The van der Waals surface area contributed by atoms with E-state index in [1.807, 2.05) is 12.1 Å². The fourth-order valence-corrected chi connectivity index (χ4v) is 3.50. The van der Waals surface area contributed by atoms with Crippen LogP contribution in [0.1, 0.15) is 31.2 Å². The van der Waals surface area contributed by atoms with Gasteiger partial charge >= 0.3 is 0 Å². The molecular weight excluding hydrogens is 250 g/mol. The van der Waals surface area contributed by atoms with Gasteiger partial charge in [0.25, 0.3) is 0 Å². The first-order valence-corrected chi connectivity index (χ1v) is 7.76. The van der Waals surface area contributed by atoms with Gasteiger partial charge in [-0.2, -0.15) is 0 Å². The third kappa shape index (κ3) is 3.07. The van der Waals surface area contributed by atoms with Crippen LogP contribution in [0.15, 0.2) is 18.2 Å². The van der Waals surface area contributed by atoms with E-state index < -0.39 is 0 Å². The van der Waals surface area contributed by atoms with Gasteiger partial charge in [-0.3, -0.25) is 9.80 Å². The lowest BCUT2D eigenvalue weighted by molar-refractivity contribution is 0.161. The van der Waals surface area contributed by atoms with Crippen LogP contribution in [0, 0.1) is 0 Å². The van der Waals surface area contributed by atoms with E-state index in [4.69, 9.17) is 5.73 Å². The van der Waals surface area contributed by atoms with E-state index in [9.17, 15) is 5.11 Å². The van der Waals surface area contributed by atoms with Crippen LogP contribution in [0.5, 0.6) is 5.75 Å². The van der Waals surface area contributed by atoms with Gasteiger partial charge in [-0.05, 0) is 50.0 Å². The minimum Gasteiger partial charge on any atom is -0.506 e. The number of aromatic hydroxyl groups is 1. The summed E-state index contributed by atoms with van der Waals surface area (Å²) in [6.07, 6.45) is 5.42. The summed E-state index contributed by atoms with van der Waals surface area (Å²) in [4.78, 5) is 5.18. The molecule has 4 heteroatoms. The number of nitrogens with zero attached hydrogens (tertiary/aromatic N) is 2. The van der Waals surface area contributed by atoms with Crippen molar-refractivity contribution in [3.8, 4) is 5.75 Å². The SMILES string of the molecule is Nc1cc(CN2CCC(N3CCCCC3)C2)ccc1O. The van der Waals surface area contributed by atoms with Crippen molar-refractivity contribution >= 4 is 5.69 Å². The number of piperidine rings is 1. The highest BCUT2D eigenvalue weighted by Crippen LogP contribution is 2.24. The molecule has 1 aromatic rings. The molecule has 1 atom stereocenters. The van der Waals surface area contributed by atoms with E-state index in [0.717, 1.165) is 12.6 Å². The predicted octanol–water partition coefficient (Wildman–Crippen LogP) is 2.03. The summed E-state index contributed by atoms with van der Waals surface area (Å²) >= 11 is 0. The van der Waals surface area contributed by atoms with E-state index in [1.54, 1.807) is 6.07 Å². The number of nitrogens with two attached hydrogens (primary N) is 1. The predicted molar refractivity (Wildman–Crippen MR) is 81.6 cm³/mol. The number of hydrogen-bond donors (Lipinski definition) is 2. The second kappa shape index (κ2) is 6.02. The maximum absolute atomic E-state index is 9.47. The summed E-state index contributed by atoms with van der Waals surface area (Å²) in [5.41, 5.74) is 7.44. The second-order valence-corrected chi connectivity index (χ2v) is 6.17. The van der Waals surface area contributed by atoms with Crippen molar-refractivity contribution in [1.29, 1.82) is 0 Å². The summed E-state index contributed by atoms with van der Waals surface area (Å²) in [7, 11) is 0. The minimum absolute atomic E-state index is 0.182. The molecule has 2 heterocycles. The highest BCUT2D eigenvalue weighted by molar-refractivity contribution is 5.53. The number of phenols is 1. The number of likely N-dealkylation sites (tertiary alicyclic amines) is 2.